The van der Waals surface area contributed by atoms with Crippen molar-refractivity contribution in [3.8, 4) is 0 Å². The Morgan fingerprint density at radius 2 is 1.89 bits per heavy atom. The third-order valence-electron chi connectivity index (χ3n) is 2.71. The van der Waals surface area contributed by atoms with E-state index in [2.05, 4.69) is 22.9 Å². The first-order valence-corrected chi connectivity index (χ1v) is 9.04. The van der Waals surface area contributed by atoms with Gasteiger partial charge in [-0.3, -0.25) is 0 Å². The van der Waals surface area contributed by atoms with Crippen LogP contribution < -0.4 is 5.73 Å². The van der Waals surface area contributed by atoms with Gasteiger partial charge in [0, 0.05) is 14.2 Å². The summed E-state index contributed by atoms with van der Waals surface area (Å²) in [5.41, 5.74) is 6.05. The Hall–Kier alpha value is -0.850. The molecule has 0 unspecified atom stereocenters. The van der Waals surface area contributed by atoms with Crippen LogP contribution in [0.1, 0.15) is 16.7 Å². The van der Waals surface area contributed by atoms with E-state index in [0.29, 0.717) is 4.47 Å². The largest absolute Gasteiger partial charge is 0.398 e. The molecule has 2 N–H and O–H groups in total. The second-order valence-electron chi connectivity index (χ2n) is 4.16. The molecule has 0 aliphatic rings. The van der Waals surface area contributed by atoms with Crippen LogP contribution in [0.25, 0.3) is 0 Å². The zero-order chi connectivity index (χ0) is 14.0. The number of aryl methyl sites for hydroxylation is 1. The van der Waals surface area contributed by atoms with Crippen molar-refractivity contribution in [2.45, 2.75) is 24.0 Å². The van der Waals surface area contributed by atoms with Crippen molar-refractivity contribution in [2.24, 2.45) is 0 Å². The predicted octanol–water partition coefficient (Wildman–Crippen LogP) is 3.63. The summed E-state index contributed by atoms with van der Waals surface area (Å²) in [5, 5.41) is 0. The van der Waals surface area contributed by atoms with Crippen LogP contribution in [0.4, 0.5) is 5.69 Å². The Morgan fingerprint density at radius 3 is 2.53 bits per heavy atom. The maximum atomic E-state index is 12.4. The zero-order valence-corrected chi connectivity index (χ0v) is 13.6. The molecule has 3 nitrogen and oxygen atoms in total. The highest BCUT2D eigenvalue weighted by Gasteiger charge is 2.19. The van der Waals surface area contributed by atoms with Crippen molar-refractivity contribution in [3.63, 3.8) is 0 Å². The van der Waals surface area contributed by atoms with E-state index in [0.717, 1.165) is 11.3 Å². The van der Waals surface area contributed by atoms with Crippen molar-refractivity contribution in [3.05, 3.63) is 44.6 Å². The fourth-order valence-corrected chi connectivity index (χ4v) is 5.06. The molecule has 0 saturated heterocycles. The number of hydrogen-bond acceptors (Lipinski definition) is 4. The summed E-state index contributed by atoms with van der Waals surface area (Å²) in [4.78, 5) is 2.22. The summed E-state index contributed by atoms with van der Waals surface area (Å²) in [6.07, 6.45) is 0.920. The minimum absolute atomic E-state index is 0.00167. The summed E-state index contributed by atoms with van der Waals surface area (Å²) in [6, 6.07) is 8.73. The van der Waals surface area contributed by atoms with Crippen LogP contribution in [0.15, 0.2) is 39.7 Å². The number of nitrogens with two attached hydrogens (primary N) is 1. The minimum Gasteiger partial charge on any atom is -0.398 e. The molecule has 0 spiro atoms. The molecule has 0 radical (unpaired) electrons. The van der Waals surface area contributed by atoms with Gasteiger partial charge < -0.3 is 5.73 Å². The van der Waals surface area contributed by atoms with Crippen molar-refractivity contribution in [1.29, 1.82) is 0 Å². The molecule has 1 aromatic carbocycles. The van der Waals surface area contributed by atoms with E-state index in [4.69, 9.17) is 5.73 Å². The van der Waals surface area contributed by atoms with E-state index in [1.54, 1.807) is 18.2 Å². The van der Waals surface area contributed by atoms with Gasteiger partial charge in [0.05, 0.1) is 16.3 Å². The highest BCUT2D eigenvalue weighted by molar-refractivity contribution is 9.10. The van der Waals surface area contributed by atoms with Crippen LogP contribution >= 0.6 is 27.3 Å². The van der Waals surface area contributed by atoms with E-state index >= 15 is 0 Å². The first-order chi connectivity index (χ1) is 8.92. The molecule has 102 valence electrons. The Morgan fingerprint density at radius 1 is 1.21 bits per heavy atom. The summed E-state index contributed by atoms with van der Waals surface area (Å²) in [6.45, 7) is 2.05. The normalized spacial score (nSPS) is 11.7. The van der Waals surface area contributed by atoms with Crippen LogP contribution in [-0.2, 0) is 22.0 Å². The van der Waals surface area contributed by atoms with Gasteiger partial charge in [-0.2, -0.15) is 0 Å². The van der Waals surface area contributed by atoms with Gasteiger partial charge >= 0.3 is 0 Å². The molecule has 0 atom stereocenters. The highest BCUT2D eigenvalue weighted by Crippen LogP contribution is 2.28. The van der Waals surface area contributed by atoms with E-state index in [1.807, 2.05) is 12.1 Å². The average Bonchev–Trinajstić information content (AvgIpc) is 2.79. The zero-order valence-electron chi connectivity index (χ0n) is 10.4. The standard InChI is InChI=1S/C13H14BrNO2S2/c1-2-10-4-5-11(18-10)8-19(16,17)13-7-9(14)3-6-12(13)15/h3-7H,2,8,15H2,1H3. The van der Waals surface area contributed by atoms with Crippen LogP contribution in [0.5, 0.6) is 0 Å². The van der Waals surface area contributed by atoms with Crippen molar-refractivity contribution >= 4 is 42.8 Å². The van der Waals surface area contributed by atoms with E-state index in [9.17, 15) is 8.42 Å². The Bertz CT molecular complexity index is 692. The number of benzene rings is 1. The fraction of sp³-hybridized carbons (Fsp3) is 0.231. The molecule has 2 aromatic rings. The molecular weight excluding hydrogens is 346 g/mol. The molecule has 19 heavy (non-hydrogen) atoms. The Kier molecular flexibility index (Phi) is 4.32. The lowest BCUT2D eigenvalue weighted by atomic mass is 10.3. The first-order valence-electron chi connectivity index (χ1n) is 5.77. The molecule has 1 heterocycles. The molecule has 0 fully saturated rings. The number of sulfone groups is 1. The third kappa shape index (κ3) is 3.38. The highest BCUT2D eigenvalue weighted by atomic mass is 79.9. The topological polar surface area (TPSA) is 60.2 Å². The van der Waals surface area contributed by atoms with Gasteiger partial charge in [-0.1, -0.05) is 22.9 Å². The number of thiophene rings is 1. The molecule has 0 saturated carbocycles. The van der Waals surface area contributed by atoms with Crippen molar-refractivity contribution in [1.82, 2.24) is 0 Å². The maximum absolute atomic E-state index is 12.4. The van der Waals surface area contributed by atoms with Gasteiger partial charge in [-0.25, -0.2) is 8.42 Å². The van der Waals surface area contributed by atoms with Crippen LogP contribution in [0, 0.1) is 0 Å². The third-order valence-corrected chi connectivity index (χ3v) is 6.33. The monoisotopic (exact) mass is 359 g/mol. The SMILES string of the molecule is CCc1ccc(CS(=O)(=O)c2cc(Br)ccc2N)s1. The second kappa shape index (κ2) is 5.64. The van der Waals surface area contributed by atoms with Crippen LogP contribution in [0.2, 0.25) is 0 Å². The molecule has 0 bridgehead atoms. The fourth-order valence-electron chi connectivity index (χ4n) is 1.73. The lowest BCUT2D eigenvalue weighted by Gasteiger charge is -2.07. The maximum Gasteiger partial charge on any atom is 0.185 e. The van der Waals surface area contributed by atoms with E-state index in [1.165, 1.54) is 16.2 Å². The van der Waals surface area contributed by atoms with Crippen molar-refractivity contribution in [2.75, 3.05) is 5.73 Å². The van der Waals surface area contributed by atoms with Gasteiger partial charge in [0.25, 0.3) is 0 Å². The first kappa shape index (κ1) is 14.6. The van der Waals surface area contributed by atoms with E-state index < -0.39 is 9.84 Å². The Labute approximate surface area is 125 Å². The lowest BCUT2D eigenvalue weighted by Crippen LogP contribution is -2.07. The molecule has 1 aromatic heterocycles. The smallest absolute Gasteiger partial charge is 0.185 e. The summed E-state index contributed by atoms with van der Waals surface area (Å²) in [5.74, 6) is -0.00167. The van der Waals surface area contributed by atoms with Gasteiger partial charge in [0.15, 0.2) is 9.84 Å². The minimum atomic E-state index is -3.41. The molecule has 0 aliphatic carbocycles. The quantitative estimate of drug-likeness (QED) is 0.847. The molecule has 0 amide bonds. The second-order valence-corrected chi connectivity index (χ2v) is 8.29. The summed E-state index contributed by atoms with van der Waals surface area (Å²) >= 11 is 4.80. The molecule has 6 heteroatoms. The van der Waals surface area contributed by atoms with E-state index in [-0.39, 0.29) is 16.3 Å². The van der Waals surface area contributed by atoms with Gasteiger partial charge in [0.2, 0.25) is 0 Å². The molecule has 0 aliphatic heterocycles. The summed E-state index contributed by atoms with van der Waals surface area (Å²) in [7, 11) is -3.41. The lowest BCUT2D eigenvalue weighted by molar-refractivity contribution is 0.596. The van der Waals surface area contributed by atoms with Crippen LogP contribution in [-0.4, -0.2) is 8.42 Å². The van der Waals surface area contributed by atoms with Crippen molar-refractivity contribution < 1.29 is 8.42 Å². The van der Waals surface area contributed by atoms with Crippen LogP contribution in [0.3, 0.4) is 0 Å². The average molecular weight is 360 g/mol. The summed E-state index contributed by atoms with van der Waals surface area (Å²) < 4.78 is 25.5. The number of hydrogen-bond donors (Lipinski definition) is 1. The van der Waals surface area contributed by atoms with Gasteiger partial charge in [0.1, 0.15) is 0 Å². The number of anilines is 1. The number of halogens is 1. The predicted molar refractivity (Wildman–Crippen MR) is 83.1 cm³/mol. The van der Waals surface area contributed by atoms with Gasteiger partial charge in [-0.05, 0) is 36.8 Å². The Balaban J connectivity index is 2.34. The number of nitrogen functional groups attached to an aromatic ring is 1. The number of rotatable bonds is 4. The molecule has 2 rings (SSSR count). The van der Waals surface area contributed by atoms with Gasteiger partial charge in [-0.15, -0.1) is 11.3 Å². The molecular formula is C13H14BrNO2S2.